The minimum absolute atomic E-state index is 0.619. The number of nitrogen functional groups attached to an aromatic ring is 2. The van der Waals surface area contributed by atoms with Gasteiger partial charge in [-0.1, -0.05) is 6.08 Å². The number of likely N-dealkylation sites (N-methyl/N-ethyl adjacent to an activating group) is 1. The summed E-state index contributed by atoms with van der Waals surface area (Å²) in [5.41, 5.74) is 13.6. The zero-order valence-corrected chi connectivity index (χ0v) is 7.83. The first-order chi connectivity index (χ1) is 6.15. The van der Waals surface area contributed by atoms with Crippen LogP contribution in [0.2, 0.25) is 0 Å². The van der Waals surface area contributed by atoms with Gasteiger partial charge in [-0.3, -0.25) is 0 Å². The Morgan fingerprint density at radius 1 is 1.38 bits per heavy atom. The van der Waals surface area contributed by atoms with Crippen molar-refractivity contribution < 1.29 is 0 Å². The van der Waals surface area contributed by atoms with Crippen molar-refractivity contribution in [2.45, 2.75) is 0 Å². The molecular weight excluding hydrogens is 162 g/mol. The van der Waals surface area contributed by atoms with Gasteiger partial charge in [0.2, 0.25) is 0 Å². The van der Waals surface area contributed by atoms with Crippen molar-refractivity contribution in [2.24, 2.45) is 0 Å². The molecule has 0 heterocycles. The van der Waals surface area contributed by atoms with Gasteiger partial charge in [-0.05, 0) is 18.2 Å². The fraction of sp³-hybridized carbons (Fsp3) is 0.200. The molecule has 1 rings (SSSR count). The van der Waals surface area contributed by atoms with Gasteiger partial charge in [0.25, 0.3) is 0 Å². The van der Waals surface area contributed by atoms with E-state index in [0.717, 1.165) is 12.2 Å². The van der Waals surface area contributed by atoms with Crippen molar-refractivity contribution >= 4 is 17.1 Å². The van der Waals surface area contributed by atoms with Crippen LogP contribution in [-0.2, 0) is 0 Å². The number of hydrogen-bond donors (Lipinski definition) is 2. The second-order valence-electron chi connectivity index (χ2n) is 2.98. The number of rotatable bonds is 3. The lowest BCUT2D eigenvalue weighted by atomic mass is 10.2. The maximum absolute atomic E-state index is 5.68. The summed E-state index contributed by atoms with van der Waals surface area (Å²) in [6.45, 7) is 4.46. The van der Waals surface area contributed by atoms with Crippen LogP contribution in [-0.4, -0.2) is 13.6 Å². The molecule has 0 aliphatic carbocycles. The molecule has 0 bridgehead atoms. The summed E-state index contributed by atoms with van der Waals surface area (Å²) in [6, 6.07) is 5.61. The lowest BCUT2D eigenvalue weighted by molar-refractivity contribution is 1.03. The van der Waals surface area contributed by atoms with E-state index >= 15 is 0 Å². The summed E-state index contributed by atoms with van der Waals surface area (Å²) in [5.74, 6) is 0. The van der Waals surface area contributed by atoms with E-state index in [0.29, 0.717) is 11.4 Å². The monoisotopic (exact) mass is 177 g/mol. The normalized spacial score (nSPS) is 9.62. The van der Waals surface area contributed by atoms with Gasteiger partial charge in [0.05, 0.1) is 11.4 Å². The van der Waals surface area contributed by atoms with Gasteiger partial charge in [-0.25, -0.2) is 0 Å². The van der Waals surface area contributed by atoms with Crippen LogP contribution in [0.1, 0.15) is 0 Å². The average Bonchev–Trinajstić information content (AvgIpc) is 2.10. The first-order valence-electron chi connectivity index (χ1n) is 4.12. The Balaban J connectivity index is 2.89. The summed E-state index contributed by atoms with van der Waals surface area (Å²) in [4.78, 5) is 2.04. The first kappa shape index (κ1) is 9.45. The molecule has 0 fully saturated rings. The second-order valence-corrected chi connectivity index (χ2v) is 2.98. The molecule has 0 aliphatic rings. The van der Waals surface area contributed by atoms with Gasteiger partial charge >= 0.3 is 0 Å². The number of hydrogen-bond acceptors (Lipinski definition) is 3. The Bertz CT molecular complexity index is 307. The summed E-state index contributed by atoms with van der Waals surface area (Å²) in [6.07, 6.45) is 1.84. The van der Waals surface area contributed by atoms with Crippen LogP contribution >= 0.6 is 0 Å². The first-order valence-corrected chi connectivity index (χ1v) is 4.12. The van der Waals surface area contributed by atoms with Crippen molar-refractivity contribution in [3.63, 3.8) is 0 Å². The molecule has 0 saturated carbocycles. The SMILES string of the molecule is C=CCN(C)c1ccc(N)c(N)c1. The number of nitrogens with zero attached hydrogens (tertiary/aromatic N) is 1. The van der Waals surface area contributed by atoms with Crippen molar-refractivity contribution in [1.29, 1.82) is 0 Å². The molecule has 0 atom stereocenters. The molecule has 0 radical (unpaired) electrons. The molecule has 3 heteroatoms. The van der Waals surface area contributed by atoms with Crippen LogP contribution in [0.3, 0.4) is 0 Å². The highest BCUT2D eigenvalue weighted by Gasteiger charge is 2.00. The third kappa shape index (κ3) is 2.15. The van der Waals surface area contributed by atoms with Crippen molar-refractivity contribution in [1.82, 2.24) is 0 Å². The molecule has 70 valence electrons. The number of benzene rings is 1. The quantitative estimate of drug-likeness (QED) is 0.543. The standard InChI is InChI=1S/C10H15N3/c1-3-6-13(2)8-4-5-9(11)10(12)7-8/h3-5,7H,1,6,11-12H2,2H3. The lowest BCUT2D eigenvalue weighted by Crippen LogP contribution is -2.16. The van der Waals surface area contributed by atoms with Crippen LogP contribution in [0.4, 0.5) is 17.1 Å². The van der Waals surface area contributed by atoms with E-state index in [9.17, 15) is 0 Å². The van der Waals surface area contributed by atoms with Gasteiger partial charge in [0.15, 0.2) is 0 Å². The van der Waals surface area contributed by atoms with Gasteiger partial charge in [0.1, 0.15) is 0 Å². The molecule has 0 amide bonds. The minimum atomic E-state index is 0.619. The van der Waals surface area contributed by atoms with Crippen LogP contribution in [0.25, 0.3) is 0 Å². The minimum Gasteiger partial charge on any atom is -0.397 e. The maximum atomic E-state index is 5.68. The Morgan fingerprint density at radius 3 is 2.62 bits per heavy atom. The maximum Gasteiger partial charge on any atom is 0.0568 e. The van der Waals surface area contributed by atoms with Crippen molar-refractivity contribution in [3.05, 3.63) is 30.9 Å². The van der Waals surface area contributed by atoms with E-state index in [1.807, 2.05) is 36.2 Å². The zero-order chi connectivity index (χ0) is 9.84. The van der Waals surface area contributed by atoms with Crippen LogP contribution in [0.5, 0.6) is 0 Å². The highest BCUT2D eigenvalue weighted by Crippen LogP contribution is 2.21. The molecule has 0 unspecified atom stereocenters. The molecule has 3 nitrogen and oxygen atoms in total. The molecule has 0 aliphatic heterocycles. The van der Waals surface area contributed by atoms with Crippen LogP contribution in [0.15, 0.2) is 30.9 Å². The van der Waals surface area contributed by atoms with Gasteiger partial charge < -0.3 is 16.4 Å². The largest absolute Gasteiger partial charge is 0.397 e. The molecule has 1 aromatic carbocycles. The predicted octanol–water partition coefficient (Wildman–Crippen LogP) is 1.47. The van der Waals surface area contributed by atoms with E-state index in [1.165, 1.54) is 0 Å². The fourth-order valence-corrected chi connectivity index (χ4v) is 1.10. The Hall–Kier alpha value is -1.64. The zero-order valence-electron chi connectivity index (χ0n) is 7.83. The van der Waals surface area contributed by atoms with E-state index in [1.54, 1.807) is 0 Å². The Kier molecular flexibility index (Phi) is 2.80. The number of nitrogens with two attached hydrogens (primary N) is 2. The summed E-state index contributed by atoms with van der Waals surface area (Å²) >= 11 is 0. The molecule has 0 spiro atoms. The number of anilines is 3. The lowest BCUT2D eigenvalue weighted by Gasteiger charge is -2.17. The van der Waals surface area contributed by atoms with E-state index in [-0.39, 0.29) is 0 Å². The summed E-state index contributed by atoms with van der Waals surface area (Å²) in [5, 5.41) is 0. The summed E-state index contributed by atoms with van der Waals surface area (Å²) < 4.78 is 0. The van der Waals surface area contributed by atoms with Gasteiger partial charge in [0, 0.05) is 19.3 Å². The average molecular weight is 177 g/mol. The second kappa shape index (κ2) is 3.85. The van der Waals surface area contributed by atoms with Crippen LogP contribution < -0.4 is 16.4 Å². The Morgan fingerprint density at radius 2 is 2.08 bits per heavy atom. The van der Waals surface area contributed by atoms with Crippen LogP contribution in [0, 0.1) is 0 Å². The van der Waals surface area contributed by atoms with Crippen molar-refractivity contribution in [2.75, 3.05) is 30.0 Å². The van der Waals surface area contributed by atoms with E-state index in [4.69, 9.17) is 11.5 Å². The van der Waals surface area contributed by atoms with E-state index < -0.39 is 0 Å². The summed E-state index contributed by atoms with van der Waals surface area (Å²) in [7, 11) is 1.98. The topological polar surface area (TPSA) is 55.3 Å². The van der Waals surface area contributed by atoms with E-state index in [2.05, 4.69) is 6.58 Å². The molecule has 0 saturated heterocycles. The third-order valence-electron chi connectivity index (χ3n) is 1.91. The third-order valence-corrected chi connectivity index (χ3v) is 1.91. The molecular formula is C10H15N3. The fourth-order valence-electron chi connectivity index (χ4n) is 1.10. The highest BCUT2D eigenvalue weighted by molar-refractivity contribution is 5.69. The molecule has 0 aromatic heterocycles. The van der Waals surface area contributed by atoms with Gasteiger partial charge in [-0.2, -0.15) is 0 Å². The van der Waals surface area contributed by atoms with Gasteiger partial charge in [-0.15, -0.1) is 6.58 Å². The highest BCUT2D eigenvalue weighted by atomic mass is 15.1. The molecule has 4 N–H and O–H groups in total. The molecule has 13 heavy (non-hydrogen) atoms. The smallest absolute Gasteiger partial charge is 0.0568 e. The molecule has 1 aromatic rings. The Labute approximate surface area is 78.6 Å². The predicted molar refractivity (Wildman–Crippen MR) is 58.7 cm³/mol. The van der Waals surface area contributed by atoms with Crippen molar-refractivity contribution in [3.8, 4) is 0 Å².